The van der Waals surface area contributed by atoms with E-state index in [1.807, 2.05) is 24.3 Å². The minimum absolute atomic E-state index is 0.0752. The van der Waals surface area contributed by atoms with E-state index in [1.165, 1.54) is 5.69 Å². The van der Waals surface area contributed by atoms with Gasteiger partial charge in [0, 0.05) is 29.8 Å². The molecule has 0 aliphatic carbocycles. The van der Waals surface area contributed by atoms with E-state index >= 15 is 0 Å². The molecule has 1 heterocycles. The normalized spacial score (nSPS) is 16.5. The van der Waals surface area contributed by atoms with E-state index in [0.717, 1.165) is 43.5 Å². The summed E-state index contributed by atoms with van der Waals surface area (Å²) in [5.74, 6) is 1.53. The van der Waals surface area contributed by atoms with Crippen LogP contribution in [0.25, 0.3) is 0 Å². The number of guanidine groups is 1. The number of methoxy groups -OCH3 is 1. The van der Waals surface area contributed by atoms with Crippen molar-refractivity contribution in [1.29, 1.82) is 0 Å². The lowest BCUT2D eigenvalue weighted by Crippen LogP contribution is -2.49. The van der Waals surface area contributed by atoms with E-state index in [1.54, 1.807) is 19.2 Å². The van der Waals surface area contributed by atoms with Crippen LogP contribution in [0.3, 0.4) is 0 Å². The second-order valence-corrected chi connectivity index (χ2v) is 10.3. The Kier molecular flexibility index (Phi) is 8.26. The standard InChI is InChI=1S/C23H31ClN4O3S/c1-17(19-12-14-28(15-13-19)21-8-10-22(31-2)11-9-21)26-23(27-32(3,29)30)25-16-18-4-6-20(24)7-5-18/h4-11,17,19H,12-16H2,1-3H3,(H2,25,26,27). The molecule has 0 bridgehead atoms. The molecule has 1 atom stereocenters. The number of anilines is 1. The summed E-state index contributed by atoms with van der Waals surface area (Å²) in [7, 11) is -1.78. The molecule has 2 aromatic carbocycles. The molecule has 0 radical (unpaired) electrons. The molecule has 2 aromatic rings. The molecule has 3 rings (SSSR count). The van der Waals surface area contributed by atoms with Crippen LogP contribution in [-0.4, -0.2) is 46.9 Å². The van der Waals surface area contributed by atoms with E-state index in [-0.39, 0.29) is 12.0 Å². The summed E-state index contributed by atoms with van der Waals surface area (Å²) < 4.78 is 31.4. The molecule has 174 valence electrons. The van der Waals surface area contributed by atoms with Crippen molar-refractivity contribution in [3.8, 4) is 5.75 Å². The summed E-state index contributed by atoms with van der Waals surface area (Å²) in [5, 5.41) is 3.95. The first-order valence-electron chi connectivity index (χ1n) is 10.7. The smallest absolute Gasteiger partial charge is 0.232 e. The van der Waals surface area contributed by atoms with Gasteiger partial charge in [-0.1, -0.05) is 23.7 Å². The molecule has 1 aliphatic rings. The van der Waals surface area contributed by atoms with Crippen LogP contribution in [0, 0.1) is 5.92 Å². The third kappa shape index (κ3) is 7.31. The van der Waals surface area contributed by atoms with Crippen LogP contribution in [0.15, 0.2) is 53.5 Å². The van der Waals surface area contributed by atoms with Gasteiger partial charge in [0.05, 0.1) is 19.9 Å². The fraction of sp³-hybridized carbons (Fsp3) is 0.435. The Morgan fingerprint density at radius 3 is 2.34 bits per heavy atom. The molecule has 9 heteroatoms. The van der Waals surface area contributed by atoms with E-state index in [2.05, 4.69) is 39.0 Å². The number of ether oxygens (including phenoxy) is 1. The fourth-order valence-corrected chi connectivity index (χ4v) is 4.43. The van der Waals surface area contributed by atoms with Crippen molar-refractivity contribution in [1.82, 2.24) is 10.0 Å². The maximum atomic E-state index is 11.8. The lowest BCUT2D eigenvalue weighted by atomic mass is 9.90. The summed E-state index contributed by atoms with van der Waals surface area (Å²) in [6, 6.07) is 15.5. The lowest BCUT2D eigenvalue weighted by Gasteiger charge is -2.36. The lowest BCUT2D eigenvalue weighted by molar-refractivity contribution is 0.335. The highest BCUT2D eigenvalue weighted by atomic mass is 35.5. The number of halogens is 1. The first-order valence-corrected chi connectivity index (χ1v) is 12.9. The van der Waals surface area contributed by atoms with E-state index < -0.39 is 10.0 Å². The summed E-state index contributed by atoms with van der Waals surface area (Å²) in [5.41, 5.74) is 2.14. The molecular weight excluding hydrogens is 448 g/mol. The second kappa shape index (κ2) is 10.9. The van der Waals surface area contributed by atoms with Crippen molar-refractivity contribution in [2.24, 2.45) is 10.9 Å². The first-order chi connectivity index (χ1) is 15.2. The summed E-state index contributed by atoms with van der Waals surface area (Å²) >= 11 is 5.93. The molecule has 7 nitrogen and oxygen atoms in total. The van der Waals surface area contributed by atoms with Crippen LogP contribution in [0.2, 0.25) is 5.02 Å². The predicted molar refractivity (Wildman–Crippen MR) is 131 cm³/mol. The number of piperidine rings is 1. The predicted octanol–water partition coefficient (Wildman–Crippen LogP) is 3.65. The van der Waals surface area contributed by atoms with Crippen LogP contribution in [0.4, 0.5) is 5.69 Å². The van der Waals surface area contributed by atoms with Gasteiger partial charge in [0.25, 0.3) is 0 Å². The molecule has 0 aromatic heterocycles. The van der Waals surface area contributed by atoms with Gasteiger partial charge < -0.3 is 15.0 Å². The highest BCUT2D eigenvalue weighted by molar-refractivity contribution is 7.89. The molecule has 0 amide bonds. The van der Waals surface area contributed by atoms with Crippen molar-refractivity contribution >= 4 is 33.3 Å². The Balaban J connectivity index is 1.59. The van der Waals surface area contributed by atoms with Crippen molar-refractivity contribution < 1.29 is 13.2 Å². The average molecular weight is 479 g/mol. The van der Waals surface area contributed by atoms with Gasteiger partial charge in [-0.15, -0.1) is 0 Å². The highest BCUT2D eigenvalue weighted by Crippen LogP contribution is 2.26. The summed E-state index contributed by atoms with van der Waals surface area (Å²) in [4.78, 5) is 6.84. The molecular formula is C23H31ClN4O3S. The minimum Gasteiger partial charge on any atom is -0.497 e. The third-order valence-corrected chi connectivity index (χ3v) is 6.48. The molecule has 1 aliphatic heterocycles. The van der Waals surface area contributed by atoms with Crippen LogP contribution in [0.1, 0.15) is 25.3 Å². The Bertz CT molecular complexity index is 1000. The van der Waals surface area contributed by atoms with Crippen LogP contribution in [0.5, 0.6) is 5.75 Å². The van der Waals surface area contributed by atoms with Gasteiger partial charge in [0.15, 0.2) is 0 Å². The third-order valence-electron chi connectivity index (χ3n) is 5.66. The van der Waals surface area contributed by atoms with E-state index in [9.17, 15) is 8.42 Å². The van der Waals surface area contributed by atoms with Gasteiger partial charge in [0.1, 0.15) is 5.75 Å². The van der Waals surface area contributed by atoms with E-state index in [4.69, 9.17) is 16.3 Å². The zero-order chi connectivity index (χ0) is 23.1. The Morgan fingerprint density at radius 1 is 1.16 bits per heavy atom. The number of nitrogens with zero attached hydrogens (tertiary/aromatic N) is 2. The maximum absolute atomic E-state index is 11.8. The zero-order valence-corrected chi connectivity index (χ0v) is 20.3. The summed E-state index contributed by atoms with van der Waals surface area (Å²) in [6.07, 6.45) is 3.14. The van der Waals surface area contributed by atoms with Gasteiger partial charge in [-0.05, 0) is 67.6 Å². The van der Waals surface area contributed by atoms with E-state index in [0.29, 0.717) is 17.5 Å². The van der Waals surface area contributed by atoms with Gasteiger partial charge in [-0.2, -0.15) is 0 Å². The molecule has 0 saturated carbocycles. The second-order valence-electron chi connectivity index (χ2n) is 8.12. The Hall–Kier alpha value is -2.45. The number of hydrogen-bond donors (Lipinski definition) is 2. The number of hydrogen-bond acceptors (Lipinski definition) is 5. The average Bonchev–Trinajstić information content (AvgIpc) is 2.77. The molecule has 32 heavy (non-hydrogen) atoms. The molecule has 1 unspecified atom stereocenters. The Labute approximate surface area is 195 Å². The molecule has 2 N–H and O–H groups in total. The van der Waals surface area contributed by atoms with Crippen LogP contribution < -0.4 is 19.7 Å². The SMILES string of the molecule is COc1ccc(N2CCC(C(C)NC(=NCc3ccc(Cl)cc3)NS(C)(=O)=O)CC2)cc1. The van der Waals surface area contributed by atoms with Gasteiger partial charge in [0.2, 0.25) is 16.0 Å². The molecule has 1 saturated heterocycles. The topological polar surface area (TPSA) is 83.0 Å². The fourth-order valence-electron chi connectivity index (χ4n) is 3.83. The van der Waals surface area contributed by atoms with Crippen molar-refractivity contribution in [3.05, 3.63) is 59.1 Å². The molecule has 1 fully saturated rings. The van der Waals surface area contributed by atoms with Crippen LogP contribution >= 0.6 is 11.6 Å². The minimum atomic E-state index is -3.44. The highest BCUT2D eigenvalue weighted by Gasteiger charge is 2.25. The monoisotopic (exact) mass is 478 g/mol. The number of rotatable bonds is 7. The first kappa shape index (κ1) is 24.2. The number of nitrogens with one attached hydrogen (secondary N) is 2. The number of aliphatic imine (C=N–C) groups is 1. The van der Waals surface area contributed by atoms with Crippen molar-refractivity contribution in [2.45, 2.75) is 32.4 Å². The maximum Gasteiger partial charge on any atom is 0.232 e. The van der Waals surface area contributed by atoms with Gasteiger partial charge in [-0.3, -0.25) is 4.72 Å². The quantitative estimate of drug-likeness (QED) is 0.469. The number of sulfonamides is 1. The Morgan fingerprint density at radius 2 is 1.78 bits per heavy atom. The molecule has 0 spiro atoms. The zero-order valence-electron chi connectivity index (χ0n) is 18.7. The van der Waals surface area contributed by atoms with Crippen LogP contribution in [-0.2, 0) is 16.6 Å². The van der Waals surface area contributed by atoms with Gasteiger partial charge >= 0.3 is 0 Å². The number of benzene rings is 2. The van der Waals surface area contributed by atoms with Gasteiger partial charge in [-0.25, -0.2) is 13.4 Å². The van der Waals surface area contributed by atoms with Crippen molar-refractivity contribution in [2.75, 3.05) is 31.4 Å². The summed E-state index contributed by atoms with van der Waals surface area (Å²) in [6.45, 7) is 4.32. The van der Waals surface area contributed by atoms with Crippen molar-refractivity contribution in [3.63, 3.8) is 0 Å². The largest absolute Gasteiger partial charge is 0.497 e.